The molecule has 1 aromatic carbocycles. The lowest BCUT2D eigenvalue weighted by atomic mass is 10.0. The van der Waals surface area contributed by atoms with Gasteiger partial charge in [-0.05, 0) is 46.1 Å². The van der Waals surface area contributed by atoms with E-state index in [1.54, 1.807) is 17.4 Å². The molecule has 0 saturated carbocycles. The molecule has 0 fully saturated rings. The summed E-state index contributed by atoms with van der Waals surface area (Å²) in [6.45, 7) is 2.04. The molecule has 17 heavy (non-hydrogen) atoms. The van der Waals surface area contributed by atoms with Gasteiger partial charge in [0, 0.05) is 4.88 Å². The number of thiophene rings is 1. The highest BCUT2D eigenvalue weighted by Gasteiger charge is 2.17. The minimum absolute atomic E-state index is 0.247. The standard InChI is InChI=1S/C12H10BrCl2NS/c1-6-8(5-10(13)17-6)12(16)7-3-2-4-9(14)11(7)15/h2-5,12H,16H2,1H3. The van der Waals surface area contributed by atoms with Gasteiger partial charge in [-0.25, -0.2) is 0 Å². The van der Waals surface area contributed by atoms with E-state index in [-0.39, 0.29) is 6.04 Å². The maximum atomic E-state index is 6.24. The fraction of sp³-hybridized carbons (Fsp3) is 0.167. The van der Waals surface area contributed by atoms with E-state index in [1.165, 1.54) is 4.88 Å². The number of hydrogen-bond acceptors (Lipinski definition) is 2. The quantitative estimate of drug-likeness (QED) is 0.793. The Labute approximate surface area is 123 Å². The number of rotatable bonds is 2. The first-order valence-corrected chi connectivity index (χ1v) is 7.32. The van der Waals surface area contributed by atoms with Gasteiger partial charge in [-0.1, -0.05) is 35.3 Å². The normalized spacial score (nSPS) is 12.8. The Kier molecular flexibility index (Phi) is 4.16. The molecule has 0 spiro atoms. The lowest BCUT2D eigenvalue weighted by Crippen LogP contribution is -2.12. The number of nitrogens with two attached hydrogens (primary N) is 1. The van der Waals surface area contributed by atoms with Crippen molar-refractivity contribution in [1.29, 1.82) is 0 Å². The molecule has 2 rings (SSSR count). The summed E-state index contributed by atoms with van der Waals surface area (Å²) in [5.74, 6) is 0. The molecule has 0 bridgehead atoms. The van der Waals surface area contributed by atoms with Gasteiger partial charge in [0.05, 0.1) is 19.9 Å². The Morgan fingerprint density at radius 2 is 2.00 bits per heavy atom. The van der Waals surface area contributed by atoms with Gasteiger partial charge in [-0.2, -0.15) is 0 Å². The first kappa shape index (κ1) is 13.4. The van der Waals surface area contributed by atoms with Crippen LogP contribution in [0.15, 0.2) is 28.1 Å². The molecule has 1 nitrogen and oxygen atoms in total. The van der Waals surface area contributed by atoms with Crippen LogP contribution in [0.25, 0.3) is 0 Å². The Morgan fingerprint density at radius 1 is 1.29 bits per heavy atom. The topological polar surface area (TPSA) is 26.0 Å². The highest BCUT2D eigenvalue weighted by Crippen LogP contribution is 2.36. The van der Waals surface area contributed by atoms with Crippen LogP contribution in [-0.4, -0.2) is 0 Å². The Hall–Kier alpha value is -0.0600. The van der Waals surface area contributed by atoms with Crippen molar-refractivity contribution >= 4 is 50.5 Å². The van der Waals surface area contributed by atoms with Crippen molar-refractivity contribution < 1.29 is 0 Å². The van der Waals surface area contributed by atoms with Gasteiger partial charge in [0.15, 0.2) is 0 Å². The molecule has 0 aliphatic heterocycles. The Balaban J connectivity index is 2.47. The average molecular weight is 351 g/mol. The second-order valence-corrected chi connectivity index (χ2v) is 7.10. The number of aryl methyl sites for hydroxylation is 1. The third-order valence-electron chi connectivity index (χ3n) is 2.58. The van der Waals surface area contributed by atoms with Crippen LogP contribution in [0.5, 0.6) is 0 Å². The van der Waals surface area contributed by atoms with Crippen LogP contribution < -0.4 is 5.73 Å². The van der Waals surface area contributed by atoms with Crippen molar-refractivity contribution in [1.82, 2.24) is 0 Å². The molecule has 1 unspecified atom stereocenters. The summed E-state index contributed by atoms with van der Waals surface area (Å²) in [7, 11) is 0. The third-order valence-corrected chi connectivity index (χ3v) is 4.98. The van der Waals surface area contributed by atoms with Gasteiger partial charge in [-0.15, -0.1) is 11.3 Å². The Morgan fingerprint density at radius 3 is 2.59 bits per heavy atom. The Bertz CT molecular complexity index is 553. The van der Waals surface area contributed by atoms with E-state index in [4.69, 9.17) is 28.9 Å². The molecule has 1 heterocycles. The van der Waals surface area contributed by atoms with Gasteiger partial charge in [-0.3, -0.25) is 0 Å². The fourth-order valence-electron chi connectivity index (χ4n) is 1.70. The highest BCUT2D eigenvalue weighted by atomic mass is 79.9. The van der Waals surface area contributed by atoms with Crippen LogP contribution >= 0.6 is 50.5 Å². The largest absolute Gasteiger partial charge is 0.320 e. The SMILES string of the molecule is Cc1sc(Br)cc1C(N)c1cccc(Cl)c1Cl. The summed E-state index contributed by atoms with van der Waals surface area (Å²) >= 11 is 17.3. The monoisotopic (exact) mass is 349 g/mol. The van der Waals surface area contributed by atoms with Crippen molar-refractivity contribution in [3.05, 3.63) is 54.1 Å². The van der Waals surface area contributed by atoms with Gasteiger partial charge in [0.25, 0.3) is 0 Å². The molecule has 0 amide bonds. The average Bonchev–Trinajstić information content (AvgIpc) is 2.61. The van der Waals surface area contributed by atoms with Crippen molar-refractivity contribution in [2.45, 2.75) is 13.0 Å². The van der Waals surface area contributed by atoms with Crippen LogP contribution in [0.2, 0.25) is 10.0 Å². The smallest absolute Gasteiger partial charge is 0.0704 e. The van der Waals surface area contributed by atoms with Crippen molar-refractivity contribution in [2.24, 2.45) is 5.73 Å². The van der Waals surface area contributed by atoms with Crippen molar-refractivity contribution in [3.63, 3.8) is 0 Å². The summed E-state index contributed by atoms with van der Waals surface area (Å²) in [5, 5.41) is 1.06. The van der Waals surface area contributed by atoms with E-state index in [0.29, 0.717) is 10.0 Å². The molecule has 1 aromatic heterocycles. The zero-order chi connectivity index (χ0) is 12.6. The van der Waals surface area contributed by atoms with Crippen LogP contribution in [0, 0.1) is 6.92 Å². The third kappa shape index (κ3) is 2.69. The van der Waals surface area contributed by atoms with Crippen LogP contribution in [0.4, 0.5) is 0 Å². The summed E-state index contributed by atoms with van der Waals surface area (Å²) in [4.78, 5) is 1.18. The van der Waals surface area contributed by atoms with Gasteiger partial charge >= 0.3 is 0 Å². The molecule has 0 aliphatic rings. The summed E-state index contributed by atoms with van der Waals surface area (Å²) in [6, 6.07) is 7.31. The van der Waals surface area contributed by atoms with Gasteiger partial charge in [0.2, 0.25) is 0 Å². The number of halogens is 3. The predicted molar refractivity (Wildman–Crippen MR) is 79.2 cm³/mol. The van der Waals surface area contributed by atoms with Crippen LogP contribution in [0.1, 0.15) is 22.0 Å². The van der Waals surface area contributed by atoms with E-state index in [9.17, 15) is 0 Å². The minimum Gasteiger partial charge on any atom is -0.320 e. The molecule has 2 N–H and O–H groups in total. The summed E-state index contributed by atoms with van der Waals surface area (Å²) in [5.41, 5.74) is 8.17. The van der Waals surface area contributed by atoms with Gasteiger partial charge in [0.1, 0.15) is 0 Å². The van der Waals surface area contributed by atoms with E-state index in [0.717, 1.165) is 14.9 Å². The molecule has 1 atom stereocenters. The summed E-state index contributed by atoms with van der Waals surface area (Å²) < 4.78 is 1.07. The second kappa shape index (κ2) is 5.29. The van der Waals surface area contributed by atoms with Crippen LogP contribution in [0.3, 0.4) is 0 Å². The zero-order valence-corrected chi connectivity index (χ0v) is 12.9. The fourth-order valence-corrected chi connectivity index (χ4v) is 3.88. The maximum Gasteiger partial charge on any atom is 0.0704 e. The number of benzene rings is 1. The van der Waals surface area contributed by atoms with E-state index >= 15 is 0 Å². The molecule has 0 saturated heterocycles. The van der Waals surface area contributed by atoms with E-state index in [2.05, 4.69) is 15.9 Å². The second-order valence-electron chi connectivity index (χ2n) is 3.68. The van der Waals surface area contributed by atoms with E-state index < -0.39 is 0 Å². The van der Waals surface area contributed by atoms with E-state index in [1.807, 2.05) is 25.1 Å². The molecule has 2 aromatic rings. The molecule has 90 valence electrons. The van der Waals surface area contributed by atoms with Crippen LogP contribution in [-0.2, 0) is 0 Å². The first-order valence-electron chi connectivity index (χ1n) is 4.96. The first-order chi connectivity index (χ1) is 8.00. The lowest BCUT2D eigenvalue weighted by molar-refractivity contribution is 0.869. The molecular weight excluding hydrogens is 341 g/mol. The van der Waals surface area contributed by atoms with Crippen molar-refractivity contribution in [3.8, 4) is 0 Å². The highest BCUT2D eigenvalue weighted by molar-refractivity contribution is 9.11. The molecule has 0 aliphatic carbocycles. The predicted octanol–water partition coefficient (Wildman–Crippen LogP) is 5.17. The number of hydrogen-bond donors (Lipinski definition) is 1. The summed E-state index contributed by atoms with van der Waals surface area (Å²) in [6.07, 6.45) is 0. The maximum absolute atomic E-state index is 6.24. The molecule has 5 heteroatoms. The minimum atomic E-state index is -0.247. The van der Waals surface area contributed by atoms with Gasteiger partial charge < -0.3 is 5.73 Å². The zero-order valence-electron chi connectivity index (χ0n) is 9.01. The van der Waals surface area contributed by atoms with Crippen molar-refractivity contribution in [2.75, 3.05) is 0 Å². The molecular formula is C12H10BrCl2NS. The lowest BCUT2D eigenvalue weighted by Gasteiger charge is -2.14. The molecule has 0 radical (unpaired) electrons.